The summed E-state index contributed by atoms with van der Waals surface area (Å²) in [5.74, 6) is 0.412. The van der Waals surface area contributed by atoms with Crippen molar-refractivity contribution in [1.82, 2.24) is 9.03 Å². The summed E-state index contributed by atoms with van der Waals surface area (Å²) in [7, 11) is -7.39. The molecule has 11 heteroatoms. The number of hydrogen-bond acceptors (Lipinski definition) is 6. The molecule has 30 heavy (non-hydrogen) atoms. The first-order valence-electron chi connectivity index (χ1n) is 9.33. The predicted octanol–water partition coefficient (Wildman–Crippen LogP) is 2.24. The Morgan fingerprint density at radius 3 is 2.27 bits per heavy atom. The van der Waals surface area contributed by atoms with Gasteiger partial charge in [-0.25, -0.2) is 21.6 Å². The Balaban J connectivity index is 1.68. The molecule has 164 valence electrons. The largest absolute Gasteiger partial charge is 0.492 e. The van der Waals surface area contributed by atoms with Crippen LogP contribution in [0.5, 0.6) is 5.75 Å². The van der Waals surface area contributed by atoms with Crippen molar-refractivity contribution >= 4 is 31.6 Å². The van der Waals surface area contributed by atoms with Crippen LogP contribution in [0.15, 0.2) is 52.3 Å². The van der Waals surface area contributed by atoms with Gasteiger partial charge in [-0.05, 0) is 42.8 Å². The van der Waals surface area contributed by atoms with Crippen LogP contribution >= 0.6 is 11.6 Å². The van der Waals surface area contributed by atoms with E-state index in [4.69, 9.17) is 21.1 Å². The zero-order chi connectivity index (χ0) is 21.8. The van der Waals surface area contributed by atoms with Crippen molar-refractivity contribution in [3.05, 3.63) is 53.1 Å². The van der Waals surface area contributed by atoms with E-state index in [9.17, 15) is 16.8 Å². The summed E-state index contributed by atoms with van der Waals surface area (Å²) in [6.45, 7) is 3.60. The molecule has 0 spiro atoms. The molecule has 0 saturated carbocycles. The minimum atomic E-state index is -3.80. The third-order valence-electron chi connectivity index (χ3n) is 4.51. The Kier molecular flexibility index (Phi) is 7.38. The number of hydrogen-bond donors (Lipinski definition) is 1. The Hall–Kier alpha value is -1.69. The summed E-state index contributed by atoms with van der Waals surface area (Å²) in [5, 5.41) is 0.206. The smallest absolute Gasteiger partial charge is 0.243 e. The Morgan fingerprint density at radius 2 is 1.67 bits per heavy atom. The summed E-state index contributed by atoms with van der Waals surface area (Å²) in [4.78, 5) is 0.178. The lowest BCUT2D eigenvalue weighted by Gasteiger charge is -2.26. The van der Waals surface area contributed by atoms with Gasteiger partial charge in [0.1, 0.15) is 5.75 Å². The normalized spacial score (nSPS) is 15.8. The van der Waals surface area contributed by atoms with Crippen molar-refractivity contribution < 1.29 is 26.3 Å². The Morgan fingerprint density at radius 1 is 1.03 bits per heavy atom. The molecule has 0 radical (unpaired) electrons. The lowest BCUT2D eigenvalue weighted by Crippen LogP contribution is -2.40. The molecule has 0 aromatic heterocycles. The van der Waals surface area contributed by atoms with Crippen molar-refractivity contribution in [3.63, 3.8) is 0 Å². The van der Waals surface area contributed by atoms with Gasteiger partial charge in [-0.2, -0.15) is 4.31 Å². The predicted molar refractivity (Wildman–Crippen MR) is 113 cm³/mol. The highest BCUT2D eigenvalue weighted by Gasteiger charge is 2.26. The van der Waals surface area contributed by atoms with E-state index in [2.05, 4.69) is 4.72 Å². The van der Waals surface area contributed by atoms with Crippen LogP contribution in [-0.2, 0) is 31.3 Å². The molecule has 1 heterocycles. The van der Waals surface area contributed by atoms with Crippen molar-refractivity contribution in [2.75, 3.05) is 32.9 Å². The molecule has 0 atom stereocenters. The molecular weight excluding hydrogens is 452 g/mol. The van der Waals surface area contributed by atoms with Gasteiger partial charge < -0.3 is 9.47 Å². The molecule has 1 saturated heterocycles. The van der Waals surface area contributed by atoms with E-state index in [1.165, 1.54) is 34.6 Å². The van der Waals surface area contributed by atoms with Gasteiger partial charge in [0, 0.05) is 19.6 Å². The van der Waals surface area contributed by atoms with Crippen molar-refractivity contribution in [3.8, 4) is 5.75 Å². The maximum Gasteiger partial charge on any atom is 0.243 e. The highest BCUT2D eigenvalue weighted by Crippen LogP contribution is 2.27. The molecule has 8 nitrogen and oxygen atoms in total. The van der Waals surface area contributed by atoms with Gasteiger partial charge in [-0.15, -0.1) is 0 Å². The fraction of sp³-hybridized carbons (Fsp3) is 0.368. The van der Waals surface area contributed by atoms with Crippen LogP contribution < -0.4 is 9.46 Å². The molecular formula is C19H23ClN2O6S2. The summed E-state index contributed by atoms with van der Waals surface area (Å²) >= 11 is 6.07. The topological polar surface area (TPSA) is 102 Å². The van der Waals surface area contributed by atoms with Gasteiger partial charge in [-0.3, -0.25) is 0 Å². The van der Waals surface area contributed by atoms with E-state index in [1.807, 2.05) is 0 Å². The second-order valence-electron chi connectivity index (χ2n) is 6.51. The van der Waals surface area contributed by atoms with Gasteiger partial charge >= 0.3 is 0 Å². The molecule has 2 aromatic rings. The average Bonchev–Trinajstić information content (AvgIpc) is 2.75. The van der Waals surface area contributed by atoms with Gasteiger partial charge in [0.15, 0.2) is 0 Å². The Bertz CT molecular complexity index is 1080. The van der Waals surface area contributed by atoms with Crippen LogP contribution in [0.2, 0.25) is 5.02 Å². The van der Waals surface area contributed by atoms with Gasteiger partial charge in [0.2, 0.25) is 20.0 Å². The second-order valence-corrected chi connectivity index (χ2v) is 10.6. The van der Waals surface area contributed by atoms with Crippen LogP contribution in [0, 0.1) is 0 Å². The van der Waals surface area contributed by atoms with E-state index in [0.717, 1.165) is 0 Å². The molecule has 2 aromatic carbocycles. The third-order valence-corrected chi connectivity index (χ3v) is 8.12. The van der Waals surface area contributed by atoms with Gasteiger partial charge in [-0.1, -0.05) is 23.7 Å². The van der Waals surface area contributed by atoms with Gasteiger partial charge in [0.25, 0.3) is 0 Å². The van der Waals surface area contributed by atoms with E-state index < -0.39 is 20.0 Å². The van der Waals surface area contributed by atoms with Crippen LogP contribution in [0.4, 0.5) is 0 Å². The number of nitrogens with one attached hydrogen (secondary N) is 1. The van der Waals surface area contributed by atoms with Crippen molar-refractivity contribution in [1.29, 1.82) is 0 Å². The maximum absolute atomic E-state index is 12.6. The fourth-order valence-electron chi connectivity index (χ4n) is 2.90. The number of sulfonamides is 2. The zero-order valence-corrected chi connectivity index (χ0v) is 18.8. The van der Waals surface area contributed by atoms with Crippen LogP contribution in [0.1, 0.15) is 12.5 Å². The minimum Gasteiger partial charge on any atom is -0.492 e. The molecule has 1 aliphatic rings. The number of nitrogens with zero attached hydrogens (tertiary/aromatic N) is 1. The van der Waals surface area contributed by atoms with E-state index >= 15 is 0 Å². The van der Waals surface area contributed by atoms with E-state index in [0.29, 0.717) is 44.2 Å². The molecule has 1 aliphatic heterocycles. The SMILES string of the molecule is CCOc1ccc(S(=O)(=O)NCc2ccc(S(=O)(=O)N3CCOCC3)cc2)cc1Cl. The molecule has 1 N–H and O–H groups in total. The fourth-order valence-corrected chi connectivity index (χ4v) is 5.65. The molecule has 0 aliphatic carbocycles. The standard InChI is InChI=1S/C19H23ClN2O6S2/c1-2-28-19-8-7-17(13-18(19)20)29(23,24)21-14-15-3-5-16(6-4-15)30(25,26)22-9-11-27-12-10-22/h3-8,13,21H,2,9-12,14H2,1H3. The maximum atomic E-state index is 12.6. The van der Waals surface area contributed by atoms with Crippen molar-refractivity contribution in [2.24, 2.45) is 0 Å². The first kappa shape index (κ1) is 23.0. The summed E-state index contributed by atoms with van der Waals surface area (Å²) in [6.07, 6.45) is 0. The van der Waals surface area contributed by atoms with Crippen LogP contribution in [0.25, 0.3) is 0 Å². The lowest BCUT2D eigenvalue weighted by molar-refractivity contribution is 0.0730. The molecule has 3 rings (SSSR count). The van der Waals surface area contributed by atoms with E-state index in [1.54, 1.807) is 19.1 Å². The zero-order valence-electron chi connectivity index (χ0n) is 16.4. The highest BCUT2D eigenvalue weighted by atomic mass is 35.5. The molecule has 0 bridgehead atoms. The summed E-state index contributed by atoms with van der Waals surface area (Å²) < 4.78 is 64.7. The number of morpholine rings is 1. The molecule has 1 fully saturated rings. The van der Waals surface area contributed by atoms with Crippen LogP contribution in [0.3, 0.4) is 0 Å². The summed E-state index contributed by atoms with van der Waals surface area (Å²) in [6, 6.07) is 10.4. The number of rotatable bonds is 8. The highest BCUT2D eigenvalue weighted by molar-refractivity contribution is 7.89. The Labute approximate surface area is 181 Å². The first-order chi connectivity index (χ1) is 14.2. The lowest BCUT2D eigenvalue weighted by atomic mass is 10.2. The minimum absolute atomic E-state index is 0.00501. The van der Waals surface area contributed by atoms with Gasteiger partial charge in [0.05, 0.1) is 34.6 Å². The van der Waals surface area contributed by atoms with E-state index in [-0.39, 0.29) is 21.4 Å². The third kappa shape index (κ3) is 5.32. The second kappa shape index (κ2) is 9.63. The number of halogens is 1. The summed E-state index contributed by atoms with van der Waals surface area (Å²) in [5.41, 5.74) is 0.622. The van der Waals surface area contributed by atoms with Crippen molar-refractivity contribution in [2.45, 2.75) is 23.3 Å². The average molecular weight is 475 g/mol. The molecule has 0 amide bonds. The van der Waals surface area contributed by atoms with Crippen LogP contribution in [-0.4, -0.2) is 54.1 Å². The number of ether oxygens (including phenoxy) is 2. The quantitative estimate of drug-likeness (QED) is 0.629. The monoisotopic (exact) mass is 474 g/mol. The number of benzene rings is 2. The first-order valence-corrected chi connectivity index (χ1v) is 12.6. The molecule has 0 unspecified atom stereocenters.